The van der Waals surface area contributed by atoms with E-state index in [2.05, 4.69) is 9.88 Å². The molecule has 6 nitrogen and oxygen atoms in total. The van der Waals surface area contributed by atoms with E-state index in [0.717, 1.165) is 38.1 Å². The van der Waals surface area contributed by atoms with Gasteiger partial charge in [-0.3, -0.25) is 10.0 Å². The number of carbonyl (C=O) groups is 1. The molecule has 0 aliphatic carbocycles. The molecule has 1 aliphatic rings. The maximum absolute atomic E-state index is 14.9. The largest absolute Gasteiger partial charge is 0.317 e. The molecule has 0 bridgehead atoms. The van der Waals surface area contributed by atoms with Crippen LogP contribution in [0, 0.1) is 17.5 Å². The molecule has 9 heteroatoms. The number of carbonyl (C=O) groups excluding carboxylic acids is 1. The Morgan fingerprint density at radius 2 is 2.09 bits per heavy atom. The average molecular weight is 444 g/mol. The molecular weight excluding hydrogens is 421 g/mol. The highest BCUT2D eigenvalue weighted by Crippen LogP contribution is 2.35. The number of imidazole rings is 1. The number of hydrogen-bond donors (Lipinski definition) is 2. The highest BCUT2D eigenvalue weighted by Gasteiger charge is 2.28. The number of rotatable bonds is 5. The second kappa shape index (κ2) is 9.13. The summed E-state index contributed by atoms with van der Waals surface area (Å²) in [6.07, 6.45) is 4.31. The summed E-state index contributed by atoms with van der Waals surface area (Å²) in [4.78, 5) is 18.0. The van der Waals surface area contributed by atoms with E-state index in [1.54, 1.807) is 28.8 Å². The molecule has 1 unspecified atom stereocenters. The first-order chi connectivity index (χ1) is 15.4. The number of amides is 1. The highest BCUT2D eigenvalue weighted by atomic mass is 19.2. The van der Waals surface area contributed by atoms with Crippen molar-refractivity contribution in [2.24, 2.45) is 0 Å². The zero-order chi connectivity index (χ0) is 22.8. The number of nitrogens with one attached hydrogen (secondary N) is 1. The summed E-state index contributed by atoms with van der Waals surface area (Å²) in [6.45, 7) is 4.44. The molecule has 32 heavy (non-hydrogen) atoms. The second-order valence-corrected chi connectivity index (χ2v) is 7.78. The van der Waals surface area contributed by atoms with Gasteiger partial charge in [-0.1, -0.05) is 25.1 Å². The minimum absolute atomic E-state index is 0.0469. The minimum atomic E-state index is -1.51. The molecule has 0 radical (unpaired) electrons. The normalized spacial score (nSPS) is 17.3. The number of hydroxylamine groups is 1. The smallest absolute Gasteiger partial charge is 0.267 e. The predicted octanol–water partition coefficient (Wildman–Crippen LogP) is 4.30. The van der Waals surface area contributed by atoms with Crippen LogP contribution in [-0.4, -0.2) is 45.2 Å². The van der Waals surface area contributed by atoms with Crippen LogP contribution < -0.4 is 5.48 Å². The van der Waals surface area contributed by atoms with Gasteiger partial charge < -0.3 is 9.47 Å². The number of nitrogens with zero attached hydrogens (tertiary/aromatic N) is 3. The zero-order valence-corrected chi connectivity index (χ0v) is 17.5. The van der Waals surface area contributed by atoms with Gasteiger partial charge in [0.15, 0.2) is 17.5 Å². The van der Waals surface area contributed by atoms with Crippen molar-refractivity contribution in [1.82, 2.24) is 19.9 Å². The zero-order valence-electron chi connectivity index (χ0n) is 17.5. The molecule has 1 aliphatic heterocycles. The number of hydrogen-bond acceptors (Lipinski definition) is 4. The molecule has 4 rings (SSSR count). The van der Waals surface area contributed by atoms with Gasteiger partial charge in [0.05, 0.1) is 5.52 Å². The molecule has 3 aromatic rings. The van der Waals surface area contributed by atoms with Crippen LogP contribution in [0.2, 0.25) is 0 Å². The van der Waals surface area contributed by atoms with Gasteiger partial charge in [0.1, 0.15) is 11.3 Å². The molecule has 168 valence electrons. The van der Waals surface area contributed by atoms with E-state index in [1.807, 2.05) is 6.92 Å². The van der Waals surface area contributed by atoms with Crippen molar-refractivity contribution >= 4 is 23.0 Å². The molecule has 1 amide bonds. The van der Waals surface area contributed by atoms with Gasteiger partial charge in [-0.2, -0.15) is 0 Å². The van der Waals surface area contributed by atoms with Crippen LogP contribution in [-0.2, 0) is 4.79 Å². The van der Waals surface area contributed by atoms with Crippen molar-refractivity contribution in [2.75, 3.05) is 19.6 Å². The van der Waals surface area contributed by atoms with Crippen molar-refractivity contribution < 1.29 is 23.2 Å². The van der Waals surface area contributed by atoms with E-state index in [1.165, 1.54) is 11.6 Å². The lowest BCUT2D eigenvalue weighted by atomic mass is 10.0. The fourth-order valence-electron chi connectivity index (χ4n) is 4.24. The number of fused-ring (bicyclic) bond motifs is 1. The van der Waals surface area contributed by atoms with Gasteiger partial charge in [0.25, 0.3) is 5.91 Å². The van der Waals surface area contributed by atoms with Crippen molar-refractivity contribution in [3.63, 3.8) is 0 Å². The van der Waals surface area contributed by atoms with E-state index >= 15 is 0 Å². The molecule has 1 saturated heterocycles. The number of aromatic nitrogens is 2. The predicted molar refractivity (Wildman–Crippen MR) is 114 cm³/mol. The summed E-state index contributed by atoms with van der Waals surface area (Å²) in [5.41, 5.74) is 2.76. The molecule has 2 heterocycles. The first-order valence-corrected chi connectivity index (χ1v) is 10.4. The molecular formula is C23H23F3N4O2. The first-order valence-electron chi connectivity index (χ1n) is 10.4. The molecule has 1 atom stereocenters. The van der Waals surface area contributed by atoms with Gasteiger partial charge in [0, 0.05) is 30.3 Å². The Kier molecular flexibility index (Phi) is 6.29. The molecule has 0 spiro atoms. The third-order valence-corrected chi connectivity index (χ3v) is 5.79. The van der Waals surface area contributed by atoms with Crippen LogP contribution in [0.3, 0.4) is 0 Å². The van der Waals surface area contributed by atoms with E-state index in [9.17, 15) is 18.0 Å². The number of likely N-dealkylation sites (N-methyl/N-ethyl adjacent to an activating group) is 1. The van der Waals surface area contributed by atoms with Crippen LogP contribution in [0.25, 0.3) is 28.5 Å². The summed E-state index contributed by atoms with van der Waals surface area (Å²) in [6, 6.07) is 7.76. The maximum Gasteiger partial charge on any atom is 0.267 e. The lowest BCUT2D eigenvalue weighted by Crippen LogP contribution is -2.36. The Bertz CT molecular complexity index is 1190. The van der Waals surface area contributed by atoms with Crippen molar-refractivity contribution in [2.45, 2.75) is 25.8 Å². The number of likely N-dealkylation sites (tertiary alicyclic amines) is 1. The number of halogens is 3. The van der Waals surface area contributed by atoms with Gasteiger partial charge >= 0.3 is 0 Å². The summed E-state index contributed by atoms with van der Waals surface area (Å²) in [5.74, 6) is -4.33. The van der Waals surface area contributed by atoms with Crippen molar-refractivity contribution in [3.8, 4) is 11.4 Å². The van der Waals surface area contributed by atoms with E-state index < -0.39 is 23.4 Å². The summed E-state index contributed by atoms with van der Waals surface area (Å²) in [5, 5.41) is 8.65. The Morgan fingerprint density at radius 1 is 1.28 bits per heavy atom. The maximum atomic E-state index is 14.9. The highest BCUT2D eigenvalue weighted by molar-refractivity contribution is 5.91. The van der Waals surface area contributed by atoms with Crippen molar-refractivity contribution in [3.05, 3.63) is 59.4 Å². The minimum Gasteiger partial charge on any atom is -0.317 e. The Morgan fingerprint density at radius 3 is 2.84 bits per heavy atom. The Hall–Kier alpha value is -3.17. The number of piperidine rings is 1. The lowest BCUT2D eigenvalue weighted by Gasteiger charge is -2.33. The van der Waals surface area contributed by atoms with Crippen LogP contribution in [0.4, 0.5) is 13.2 Å². The van der Waals surface area contributed by atoms with Crippen LogP contribution in [0.1, 0.15) is 31.4 Å². The number of benzene rings is 2. The monoisotopic (exact) mass is 444 g/mol. The standard InChI is InChI=1S/C23H23F3N4O2/c1-2-29-10-4-7-16(13-29)30-22-18(12-17(24)20(25)21(22)26)27-23(30)15-6-3-5-14(11-15)8-9-19(31)28-32/h3,5-6,8-9,11-12,16,32H,2,4,7,10,13H2,1H3,(H,28,31)/b9-8+. The van der Waals surface area contributed by atoms with Gasteiger partial charge in [-0.25, -0.2) is 23.6 Å². The van der Waals surface area contributed by atoms with Crippen LogP contribution in [0.5, 0.6) is 0 Å². The van der Waals surface area contributed by atoms with Crippen molar-refractivity contribution in [1.29, 1.82) is 0 Å². The summed E-state index contributed by atoms with van der Waals surface area (Å²) in [7, 11) is 0. The average Bonchev–Trinajstić information content (AvgIpc) is 3.20. The van der Waals surface area contributed by atoms with Gasteiger partial charge in [0.2, 0.25) is 0 Å². The molecule has 1 fully saturated rings. The molecule has 2 N–H and O–H groups in total. The van der Waals surface area contributed by atoms with E-state index in [4.69, 9.17) is 5.21 Å². The fraction of sp³-hybridized carbons (Fsp3) is 0.304. The molecule has 2 aromatic carbocycles. The first kappa shape index (κ1) is 22.0. The van der Waals surface area contributed by atoms with Crippen LogP contribution >= 0.6 is 0 Å². The Balaban J connectivity index is 1.89. The molecule has 1 aromatic heterocycles. The third-order valence-electron chi connectivity index (χ3n) is 5.79. The summed E-state index contributed by atoms with van der Waals surface area (Å²) < 4.78 is 44.7. The third kappa shape index (κ3) is 4.13. The Labute approximate surface area is 182 Å². The van der Waals surface area contributed by atoms with Gasteiger partial charge in [-0.05, 0) is 43.6 Å². The molecule has 0 saturated carbocycles. The quantitative estimate of drug-likeness (QED) is 0.267. The van der Waals surface area contributed by atoms with Gasteiger partial charge in [-0.15, -0.1) is 0 Å². The van der Waals surface area contributed by atoms with Crippen LogP contribution in [0.15, 0.2) is 36.4 Å². The van der Waals surface area contributed by atoms with E-state index in [0.29, 0.717) is 23.5 Å². The summed E-state index contributed by atoms with van der Waals surface area (Å²) >= 11 is 0. The SMILES string of the molecule is CCN1CCCC(n2c(-c3cccc(/C=C/C(=O)NO)c3)nc3cc(F)c(F)c(F)c32)C1. The fourth-order valence-corrected chi connectivity index (χ4v) is 4.24. The second-order valence-electron chi connectivity index (χ2n) is 7.78. The topological polar surface area (TPSA) is 70.4 Å². The van der Waals surface area contributed by atoms with E-state index in [-0.39, 0.29) is 17.1 Å². The lowest BCUT2D eigenvalue weighted by molar-refractivity contribution is -0.124.